The molecule has 0 bridgehead atoms. The lowest BCUT2D eigenvalue weighted by Gasteiger charge is -1.99. The van der Waals surface area contributed by atoms with E-state index in [1.54, 1.807) is 0 Å². The van der Waals surface area contributed by atoms with E-state index in [0.717, 1.165) is 0 Å². The van der Waals surface area contributed by atoms with Crippen molar-refractivity contribution in [1.82, 2.24) is 0 Å². The Morgan fingerprint density at radius 1 is 0.636 bits per heavy atom. The van der Waals surface area contributed by atoms with Gasteiger partial charge in [0, 0.05) is 9.40 Å². The molecule has 0 N–H and O–H groups in total. The van der Waals surface area contributed by atoms with E-state index in [1.165, 1.54) is 39.7 Å². The first-order chi connectivity index (χ1) is 10.7. The molecule has 110 valence electrons. The summed E-state index contributed by atoms with van der Waals surface area (Å²) < 4.78 is 5.61. The Kier molecular flexibility index (Phi) is 3.95. The van der Waals surface area contributed by atoms with Crippen LogP contribution in [0.25, 0.3) is 20.2 Å². The summed E-state index contributed by atoms with van der Waals surface area (Å²) >= 11 is 3.81. The van der Waals surface area contributed by atoms with Gasteiger partial charge in [0.1, 0.15) is 0 Å². The Morgan fingerprint density at radius 3 is 1.45 bits per heavy atom. The van der Waals surface area contributed by atoms with Crippen LogP contribution in [0, 0.1) is 13.8 Å². The third kappa shape index (κ3) is 2.48. The van der Waals surface area contributed by atoms with Crippen LogP contribution in [-0.4, -0.2) is 0 Å². The van der Waals surface area contributed by atoms with Gasteiger partial charge in [-0.15, -0.1) is 22.7 Å². The van der Waals surface area contributed by atoms with Gasteiger partial charge in [-0.2, -0.15) is 0 Å². The third-order valence-electron chi connectivity index (χ3n) is 3.79. The molecule has 0 spiro atoms. The van der Waals surface area contributed by atoms with Crippen molar-refractivity contribution in [3.05, 3.63) is 59.7 Å². The van der Waals surface area contributed by atoms with Crippen molar-refractivity contribution >= 4 is 64.4 Å². The fourth-order valence-electron chi connectivity index (χ4n) is 2.54. The van der Waals surface area contributed by atoms with Crippen LogP contribution in [0.2, 0.25) is 0 Å². The summed E-state index contributed by atoms with van der Waals surface area (Å²) in [5, 5.41) is 2.78. The predicted molar refractivity (Wildman–Crippen MR) is 105 cm³/mol. The van der Waals surface area contributed by atoms with Crippen molar-refractivity contribution in [2.75, 3.05) is 0 Å². The van der Waals surface area contributed by atoms with Gasteiger partial charge in [0.25, 0.3) is 0 Å². The van der Waals surface area contributed by atoms with E-state index in [9.17, 15) is 0 Å². The van der Waals surface area contributed by atoms with Crippen LogP contribution < -0.4 is 0 Å². The van der Waals surface area contributed by atoms with Gasteiger partial charge in [-0.3, -0.25) is 0 Å². The summed E-state index contributed by atoms with van der Waals surface area (Å²) in [4.78, 5) is 0. The lowest BCUT2D eigenvalue weighted by atomic mass is 10.2. The third-order valence-corrected chi connectivity index (χ3v) is 9.81. The molecule has 0 aliphatic rings. The number of aryl methyl sites for hydroxylation is 2. The van der Waals surface area contributed by atoms with Gasteiger partial charge in [0.15, 0.2) is 0 Å². The highest BCUT2D eigenvalue weighted by atomic mass is 33.1. The molecule has 0 fully saturated rings. The van der Waals surface area contributed by atoms with Gasteiger partial charge in [-0.1, -0.05) is 36.4 Å². The van der Waals surface area contributed by atoms with Crippen LogP contribution in [0.5, 0.6) is 0 Å². The first-order valence-electron chi connectivity index (χ1n) is 7.05. The molecule has 0 aliphatic heterocycles. The second kappa shape index (κ2) is 5.93. The zero-order valence-corrected chi connectivity index (χ0v) is 15.5. The second-order valence-electron chi connectivity index (χ2n) is 5.19. The van der Waals surface area contributed by atoms with Gasteiger partial charge in [0.2, 0.25) is 0 Å². The van der Waals surface area contributed by atoms with Gasteiger partial charge >= 0.3 is 0 Å². The van der Waals surface area contributed by atoms with Crippen molar-refractivity contribution in [1.29, 1.82) is 0 Å². The molecule has 2 heterocycles. The zero-order chi connectivity index (χ0) is 15.1. The molecule has 22 heavy (non-hydrogen) atoms. The van der Waals surface area contributed by atoms with Gasteiger partial charge in [0.05, 0.1) is 8.42 Å². The molecule has 0 saturated heterocycles. The van der Waals surface area contributed by atoms with Crippen molar-refractivity contribution in [2.24, 2.45) is 0 Å². The van der Waals surface area contributed by atoms with Crippen LogP contribution in [0.15, 0.2) is 56.9 Å². The lowest BCUT2D eigenvalue weighted by molar-refractivity contribution is 1.46. The molecule has 0 aliphatic carbocycles. The molecule has 4 aromatic rings. The maximum Gasteiger partial charge on any atom is 0.0751 e. The molecule has 0 atom stereocenters. The zero-order valence-electron chi connectivity index (χ0n) is 12.3. The number of fused-ring (bicyclic) bond motifs is 2. The average molecular weight is 359 g/mol. The predicted octanol–water partition coefficient (Wildman–Crippen LogP) is 7.53. The number of rotatable bonds is 3. The van der Waals surface area contributed by atoms with E-state index >= 15 is 0 Å². The monoisotopic (exact) mass is 358 g/mol. The fourth-order valence-corrected chi connectivity index (χ4v) is 8.28. The summed E-state index contributed by atoms with van der Waals surface area (Å²) in [5.74, 6) is 0. The van der Waals surface area contributed by atoms with Gasteiger partial charge in [-0.25, -0.2) is 0 Å². The molecule has 2 aromatic carbocycles. The molecule has 4 heteroatoms. The van der Waals surface area contributed by atoms with E-state index in [1.807, 2.05) is 44.3 Å². The quantitative estimate of drug-likeness (QED) is 0.347. The van der Waals surface area contributed by atoms with Crippen LogP contribution in [0.1, 0.15) is 11.1 Å². The van der Waals surface area contributed by atoms with Crippen molar-refractivity contribution in [2.45, 2.75) is 22.3 Å². The summed E-state index contributed by atoms with van der Waals surface area (Å²) in [6.45, 7) is 4.47. The minimum absolute atomic E-state index is 1.39. The highest BCUT2D eigenvalue weighted by molar-refractivity contribution is 8.77. The summed E-state index contributed by atoms with van der Waals surface area (Å²) in [5.41, 5.74) is 2.83. The molecule has 0 unspecified atom stereocenters. The Morgan fingerprint density at radius 2 is 1.05 bits per heavy atom. The van der Waals surface area contributed by atoms with Crippen LogP contribution >= 0.6 is 44.3 Å². The van der Waals surface area contributed by atoms with E-state index in [2.05, 4.69) is 62.4 Å². The van der Waals surface area contributed by atoms with Crippen molar-refractivity contribution in [3.8, 4) is 0 Å². The Hall–Kier alpha value is -0.940. The number of hydrogen-bond donors (Lipinski definition) is 0. The summed E-state index contributed by atoms with van der Waals surface area (Å²) in [7, 11) is 3.80. The normalized spacial score (nSPS) is 11.5. The minimum atomic E-state index is 1.39. The van der Waals surface area contributed by atoms with Crippen LogP contribution in [-0.2, 0) is 0 Å². The molecular weight excluding hydrogens is 344 g/mol. The number of thiophene rings is 2. The molecule has 4 rings (SSSR count). The molecule has 0 amide bonds. The first-order valence-corrected chi connectivity index (χ1v) is 10.8. The van der Waals surface area contributed by atoms with E-state index in [0.29, 0.717) is 0 Å². The molecule has 2 aromatic heterocycles. The summed E-state index contributed by atoms with van der Waals surface area (Å²) in [6.07, 6.45) is 0. The Bertz CT molecular complexity index is 882. The van der Waals surface area contributed by atoms with E-state index in [4.69, 9.17) is 0 Å². The fraction of sp³-hybridized carbons (Fsp3) is 0.111. The van der Waals surface area contributed by atoms with Gasteiger partial charge in [-0.05, 0) is 69.5 Å². The molecule has 0 saturated carbocycles. The largest absolute Gasteiger partial charge is 0.128 e. The lowest BCUT2D eigenvalue weighted by Crippen LogP contribution is -1.70. The maximum atomic E-state index is 2.24. The number of hydrogen-bond acceptors (Lipinski definition) is 4. The highest BCUT2D eigenvalue weighted by Gasteiger charge is 2.12. The Balaban J connectivity index is 1.65. The average Bonchev–Trinajstić information content (AvgIpc) is 3.04. The first kappa shape index (κ1) is 14.6. The topological polar surface area (TPSA) is 0 Å². The maximum absolute atomic E-state index is 2.24. The molecule has 0 radical (unpaired) electrons. The Labute approximate surface area is 146 Å². The smallest absolute Gasteiger partial charge is 0.0751 e. The minimum Gasteiger partial charge on any atom is -0.128 e. The highest BCUT2D eigenvalue weighted by Crippen LogP contribution is 2.49. The van der Waals surface area contributed by atoms with Crippen LogP contribution in [0.4, 0.5) is 0 Å². The molecule has 0 nitrogen and oxygen atoms in total. The van der Waals surface area contributed by atoms with Crippen LogP contribution in [0.3, 0.4) is 0 Å². The SMILES string of the molecule is Cc1c(SSc2sc3ccccc3c2C)sc2ccccc12. The molecular formula is C18H14S4. The van der Waals surface area contributed by atoms with E-state index in [-0.39, 0.29) is 0 Å². The van der Waals surface area contributed by atoms with Gasteiger partial charge < -0.3 is 0 Å². The number of benzene rings is 2. The standard InChI is InChI=1S/C18H14S4/c1-11-13-7-3-5-9-15(13)19-17(11)21-22-18-12(2)14-8-4-6-10-16(14)20-18/h3-10H,1-2H3. The van der Waals surface area contributed by atoms with Crippen molar-refractivity contribution in [3.63, 3.8) is 0 Å². The second-order valence-corrected chi connectivity index (χ2v) is 9.96. The van der Waals surface area contributed by atoms with Crippen molar-refractivity contribution < 1.29 is 0 Å². The van der Waals surface area contributed by atoms with E-state index < -0.39 is 0 Å². The summed E-state index contributed by atoms with van der Waals surface area (Å²) in [6, 6.07) is 17.4.